The standard InChI is InChI=1S/C14H18N2O3S2/c1-3-18-14(17)10(15)7-20-8-11-9(2)19-13(16-11)12-5-4-6-21-12/h4-6,10H,3,7-8,15H2,1-2H3. The molecule has 5 nitrogen and oxygen atoms in total. The highest BCUT2D eigenvalue weighted by Gasteiger charge is 2.16. The molecule has 0 saturated heterocycles. The fourth-order valence-corrected chi connectivity index (χ4v) is 3.29. The molecule has 0 aromatic carbocycles. The number of carbonyl (C=O) groups is 1. The first-order valence-electron chi connectivity index (χ1n) is 6.62. The molecule has 0 radical (unpaired) electrons. The van der Waals surface area contributed by atoms with Gasteiger partial charge in [0.1, 0.15) is 11.8 Å². The first kappa shape index (κ1) is 16.1. The molecule has 2 rings (SSSR count). The molecule has 0 amide bonds. The van der Waals surface area contributed by atoms with Crippen LogP contribution in [-0.2, 0) is 15.3 Å². The predicted octanol–water partition coefficient (Wildman–Crippen LogP) is 2.84. The van der Waals surface area contributed by atoms with E-state index in [1.54, 1.807) is 30.0 Å². The molecule has 2 aromatic rings. The summed E-state index contributed by atoms with van der Waals surface area (Å²) in [4.78, 5) is 16.9. The Morgan fingerprint density at radius 2 is 2.43 bits per heavy atom. The summed E-state index contributed by atoms with van der Waals surface area (Å²) in [6, 6.07) is 3.34. The Morgan fingerprint density at radius 1 is 1.62 bits per heavy atom. The minimum Gasteiger partial charge on any atom is -0.465 e. The van der Waals surface area contributed by atoms with Crippen molar-refractivity contribution in [2.24, 2.45) is 5.73 Å². The van der Waals surface area contributed by atoms with Gasteiger partial charge < -0.3 is 14.9 Å². The van der Waals surface area contributed by atoms with Crippen molar-refractivity contribution >= 4 is 29.1 Å². The maximum Gasteiger partial charge on any atom is 0.323 e. The van der Waals surface area contributed by atoms with Crippen molar-refractivity contribution in [3.63, 3.8) is 0 Å². The summed E-state index contributed by atoms with van der Waals surface area (Å²) >= 11 is 3.14. The van der Waals surface area contributed by atoms with E-state index >= 15 is 0 Å². The summed E-state index contributed by atoms with van der Waals surface area (Å²) in [7, 11) is 0. The maximum absolute atomic E-state index is 11.4. The van der Waals surface area contributed by atoms with E-state index in [-0.39, 0.29) is 5.97 Å². The van der Waals surface area contributed by atoms with Crippen LogP contribution in [0.5, 0.6) is 0 Å². The van der Waals surface area contributed by atoms with Gasteiger partial charge in [0.05, 0.1) is 17.2 Å². The van der Waals surface area contributed by atoms with Crippen LogP contribution in [-0.4, -0.2) is 29.4 Å². The van der Waals surface area contributed by atoms with Crippen LogP contribution in [0.1, 0.15) is 18.4 Å². The van der Waals surface area contributed by atoms with Crippen molar-refractivity contribution in [2.75, 3.05) is 12.4 Å². The fraction of sp³-hybridized carbons (Fsp3) is 0.429. The number of thiophene rings is 1. The second-order valence-electron chi connectivity index (χ2n) is 4.37. The minimum absolute atomic E-state index is 0.351. The van der Waals surface area contributed by atoms with E-state index in [0.717, 1.165) is 16.3 Å². The number of carbonyl (C=O) groups excluding carboxylic acids is 1. The smallest absolute Gasteiger partial charge is 0.323 e. The lowest BCUT2D eigenvalue weighted by atomic mass is 10.4. The minimum atomic E-state index is -0.598. The molecule has 0 aliphatic heterocycles. The summed E-state index contributed by atoms with van der Waals surface area (Å²) in [5.41, 5.74) is 6.64. The zero-order chi connectivity index (χ0) is 15.2. The van der Waals surface area contributed by atoms with Gasteiger partial charge in [-0.25, -0.2) is 4.98 Å². The Morgan fingerprint density at radius 3 is 3.10 bits per heavy atom. The Kier molecular flexibility index (Phi) is 5.84. The van der Waals surface area contributed by atoms with Crippen LogP contribution < -0.4 is 5.73 Å². The molecule has 1 unspecified atom stereocenters. The average Bonchev–Trinajstić information content (AvgIpc) is 3.09. The Balaban J connectivity index is 1.88. The van der Waals surface area contributed by atoms with Gasteiger partial charge in [-0.05, 0) is 25.3 Å². The number of thioether (sulfide) groups is 1. The lowest BCUT2D eigenvalue weighted by Crippen LogP contribution is -2.34. The van der Waals surface area contributed by atoms with Gasteiger partial charge in [0, 0.05) is 11.5 Å². The van der Waals surface area contributed by atoms with Crippen LogP contribution in [0.4, 0.5) is 0 Å². The van der Waals surface area contributed by atoms with E-state index in [1.165, 1.54) is 0 Å². The number of oxazole rings is 1. The van der Waals surface area contributed by atoms with Crippen molar-refractivity contribution in [3.8, 4) is 10.8 Å². The van der Waals surface area contributed by atoms with Crippen molar-refractivity contribution in [3.05, 3.63) is 29.0 Å². The van der Waals surface area contributed by atoms with Crippen LogP contribution in [0.25, 0.3) is 10.8 Å². The van der Waals surface area contributed by atoms with E-state index < -0.39 is 6.04 Å². The Labute approximate surface area is 131 Å². The second kappa shape index (κ2) is 7.63. The average molecular weight is 326 g/mol. The summed E-state index contributed by atoms with van der Waals surface area (Å²) in [6.07, 6.45) is 0. The third-order valence-electron chi connectivity index (χ3n) is 2.75. The third kappa shape index (κ3) is 4.33. The highest BCUT2D eigenvalue weighted by Crippen LogP contribution is 2.27. The van der Waals surface area contributed by atoms with Crippen LogP contribution in [0.15, 0.2) is 21.9 Å². The second-order valence-corrected chi connectivity index (χ2v) is 6.35. The van der Waals surface area contributed by atoms with Crippen molar-refractivity contribution < 1.29 is 13.9 Å². The van der Waals surface area contributed by atoms with Gasteiger partial charge in [0.15, 0.2) is 0 Å². The van der Waals surface area contributed by atoms with Gasteiger partial charge >= 0.3 is 5.97 Å². The monoisotopic (exact) mass is 326 g/mol. The first-order valence-corrected chi connectivity index (χ1v) is 8.65. The topological polar surface area (TPSA) is 78.4 Å². The molecule has 2 N–H and O–H groups in total. The number of nitrogens with two attached hydrogens (primary N) is 1. The largest absolute Gasteiger partial charge is 0.465 e. The van der Waals surface area contributed by atoms with Gasteiger partial charge in [-0.15, -0.1) is 11.3 Å². The van der Waals surface area contributed by atoms with Crippen molar-refractivity contribution in [1.29, 1.82) is 0 Å². The zero-order valence-electron chi connectivity index (χ0n) is 12.0. The number of hydrogen-bond acceptors (Lipinski definition) is 7. The molecule has 1 atom stereocenters. The van der Waals surface area contributed by atoms with E-state index in [4.69, 9.17) is 14.9 Å². The zero-order valence-corrected chi connectivity index (χ0v) is 13.6. The number of ether oxygens (including phenoxy) is 1. The van der Waals surface area contributed by atoms with E-state index in [0.29, 0.717) is 24.0 Å². The lowest BCUT2D eigenvalue weighted by molar-refractivity contribution is -0.144. The number of rotatable bonds is 7. The molecular weight excluding hydrogens is 308 g/mol. The summed E-state index contributed by atoms with van der Waals surface area (Å²) in [5, 5.41) is 1.99. The summed E-state index contributed by atoms with van der Waals surface area (Å²) in [6.45, 7) is 4.01. The molecular formula is C14H18N2O3S2. The lowest BCUT2D eigenvalue weighted by Gasteiger charge is -2.09. The maximum atomic E-state index is 11.4. The number of aromatic nitrogens is 1. The van der Waals surface area contributed by atoms with Crippen molar-refractivity contribution in [1.82, 2.24) is 4.98 Å². The van der Waals surface area contributed by atoms with Gasteiger partial charge in [-0.2, -0.15) is 11.8 Å². The normalized spacial score (nSPS) is 12.3. The van der Waals surface area contributed by atoms with E-state index in [2.05, 4.69) is 4.98 Å². The third-order valence-corrected chi connectivity index (χ3v) is 4.68. The SMILES string of the molecule is CCOC(=O)C(N)CSCc1nc(-c2cccs2)oc1C. The molecule has 0 spiro atoms. The molecule has 0 aliphatic rings. The summed E-state index contributed by atoms with van der Waals surface area (Å²) < 4.78 is 10.5. The highest BCUT2D eigenvalue weighted by molar-refractivity contribution is 7.98. The first-order chi connectivity index (χ1) is 10.1. The Bertz CT molecular complexity index is 581. The molecule has 21 heavy (non-hydrogen) atoms. The van der Waals surface area contributed by atoms with Gasteiger partial charge in [0.2, 0.25) is 5.89 Å². The van der Waals surface area contributed by atoms with E-state index in [9.17, 15) is 4.79 Å². The summed E-state index contributed by atoms with van der Waals surface area (Å²) in [5.74, 6) is 2.25. The molecule has 0 saturated carbocycles. The molecule has 0 fully saturated rings. The quantitative estimate of drug-likeness (QED) is 0.788. The predicted molar refractivity (Wildman–Crippen MR) is 85.3 cm³/mol. The van der Waals surface area contributed by atoms with Crippen molar-refractivity contribution in [2.45, 2.75) is 25.6 Å². The number of hydrogen-bond donors (Lipinski definition) is 1. The molecule has 114 valence electrons. The Hall–Kier alpha value is -1.31. The molecule has 7 heteroatoms. The highest BCUT2D eigenvalue weighted by atomic mass is 32.2. The number of esters is 1. The van der Waals surface area contributed by atoms with Crippen LogP contribution >= 0.6 is 23.1 Å². The van der Waals surface area contributed by atoms with Crippen LogP contribution in [0.3, 0.4) is 0 Å². The number of aryl methyl sites for hydroxylation is 1. The molecule has 2 aromatic heterocycles. The van der Waals surface area contributed by atoms with Gasteiger partial charge in [0.25, 0.3) is 0 Å². The molecule has 0 aliphatic carbocycles. The number of nitrogens with zero attached hydrogens (tertiary/aromatic N) is 1. The molecule has 2 heterocycles. The van der Waals surface area contributed by atoms with Crippen LogP contribution in [0.2, 0.25) is 0 Å². The van der Waals surface area contributed by atoms with E-state index in [1.807, 2.05) is 24.4 Å². The molecule has 0 bridgehead atoms. The fourth-order valence-electron chi connectivity index (χ4n) is 1.67. The van der Waals surface area contributed by atoms with Gasteiger partial charge in [-0.1, -0.05) is 6.07 Å². The van der Waals surface area contributed by atoms with Crippen LogP contribution in [0, 0.1) is 6.92 Å². The van der Waals surface area contributed by atoms with Gasteiger partial charge in [-0.3, -0.25) is 4.79 Å².